The molecule has 2 rings (SSSR count). The molecule has 0 amide bonds. The van der Waals surface area contributed by atoms with Gasteiger partial charge in [-0.1, -0.05) is 22.0 Å². The van der Waals surface area contributed by atoms with Crippen molar-refractivity contribution in [3.8, 4) is 0 Å². The molecule has 0 atom stereocenters. The van der Waals surface area contributed by atoms with Crippen molar-refractivity contribution < 1.29 is 12.8 Å². The predicted octanol–water partition coefficient (Wildman–Crippen LogP) is 1.82. The fourth-order valence-electron chi connectivity index (χ4n) is 1.80. The van der Waals surface area contributed by atoms with Crippen LogP contribution in [-0.4, -0.2) is 37.9 Å². The number of nitrogens with zero attached hydrogens (tertiary/aromatic N) is 1. The third-order valence-corrected chi connectivity index (χ3v) is 4.95. The van der Waals surface area contributed by atoms with E-state index in [2.05, 4.69) is 15.9 Å². The van der Waals surface area contributed by atoms with Gasteiger partial charge in [-0.25, -0.2) is 12.8 Å². The van der Waals surface area contributed by atoms with Crippen LogP contribution in [0.2, 0.25) is 0 Å². The van der Waals surface area contributed by atoms with Crippen molar-refractivity contribution in [2.45, 2.75) is 6.54 Å². The fraction of sp³-hybridized carbons (Fsp3) is 0.455. The molecule has 1 heterocycles. The molecule has 1 saturated heterocycles. The van der Waals surface area contributed by atoms with Gasteiger partial charge in [-0.2, -0.15) is 0 Å². The third-order valence-electron chi connectivity index (χ3n) is 2.85. The molecule has 6 heteroatoms. The molecule has 0 spiro atoms. The highest BCUT2D eigenvalue weighted by Gasteiger charge is 2.22. The average molecular weight is 322 g/mol. The zero-order chi connectivity index (χ0) is 12.5. The summed E-state index contributed by atoms with van der Waals surface area (Å²) >= 11 is 3.20. The first-order valence-corrected chi connectivity index (χ1v) is 7.94. The van der Waals surface area contributed by atoms with Crippen LogP contribution in [0.25, 0.3) is 0 Å². The van der Waals surface area contributed by atoms with Crippen molar-refractivity contribution in [2.75, 3.05) is 24.6 Å². The van der Waals surface area contributed by atoms with Gasteiger partial charge in [-0.05, 0) is 12.1 Å². The van der Waals surface area contributed by atoms with Gasteiger partial charge in [0.25, 0.3) is 0 Å². The van der Waals surface area contributed by atoms with E-state index in [1.165, 1.54) is 6.07 Å². The summed E-state index contributed by atoms with van der Waals surface area (Å²) in [6, 6.07) is 4.94. The van der Waals surface area contributed by atoms with Gasteiger partial charge >= 0.3 is 0 Å². The number of hydrogen-bond donors (Lipinski definition) is 0. The highest BCUT2D eigenvalue weighted by atomic mass is 79.9. The first-order valence-electron chi connectivity index (χ1n) is 5.33. The fourth-order valence-corrected chi connectivity index (χ4v) is 3.41. The maximum atomic E-state index is 13.6. The van der Waals surface area contributed by atoms with E-state index in [9.17, 15) is 12.8 Å². The van der Waals surface area contributed by atoms with Gasteiger partial charge in [-0.3, -0.25) is 4.90 Å². The lowest BCUT2D eigenvalue weighted by Crippen LogP contribution is -2.39. The van der Waals surface area contributed by atoms with Crippen molar-refractivity contribution in [1.29, 1.82) is 0 Å². The topological polar surface area (TPSA) is 37.4 Å². The molecule has 3 nitrogen and oxygen atoms in total. The van der Waals surface area contributed by atoms with Crippen LogP contribution in [0.1, 0.15) is 5.56 Å². The quantitative estimate of drug-likeness (QED) is 0.833. The lowest BCUT2D eigenvalue weighted by Gasteiger charge is -2.26. The summed E-state index contributed by atoms with van der Waals surface area (Å²) < 4.78 is 36.8. The second-order valence-corrected chi connectivity index (χ2v) is 7.38. The molecule has 1 aliphatic heterocycles. The highest BCUT2D eigenvalue weighted by molar-refractivity contribution is 9.10. The van der Waals surface area contributed by atoms with Crippen LogP contribution < -0.4 is 0 Å². The Labute approximate surface area is 109 Å². The Bertz CT molecular complexity index is 504. The summed E-state index contributed by atoms with van der Waals surface area (Å²) in [5.74, 6) is 0.0869. The van der Waals surface area contributed by atoms with E-state index >= 15 is 0 Å². The van der Waals surface area contributed by atoms with Gasteiger partial charge in [0.05, 0.1) is 11.5 Å². The van der Waals surface area contributed by atoms with Crippen molar-refractivity contribution in [2.24, 2.45) is 0 Å². The minimum absolute atomic E-state index is 0.172. The smallest absolute Gasteiger partial charge is 0.152 e. The molecule has 0 unspecified atom stereocenters. The Hall–Kier alpha value is -0.460. The highest BCUT2D eigenvalue weighted by Crippen LogP contribution is 2.17. The third kappa shape index (κ3) is 3.50. The summed E-state index contributed by atoms with van der Waals surface area (Å²) in [4.78, 5) is 1.97. The standard InChI is InChI=1S/C11H13BrFNO2S/c12-10-2-1-9(11(13)7-10)8-14-3-5-17(15,16)6-4-14/h1-2,7H,3-6,8H2. The van der Waals surface area contributed by atoms with Crippen molar-refractivity contribution >= 4 is 25.8 Å². The van der Waals surface area contributed by atoms with E-state index in [-0.39, 0.29) is 17.3 Å². The van der Waals surface area contributed by atoms with Crippen molar-refractivity contribution in [3.63, 3.8) is 0 Å². The Morgan fingerprint density at radius 3 is 2.53 bits per heavy atom. The molecule has 94 valence electrons. The molecule has 0 aromatic heterocycles. The minimum Gasteiger partial charge on any atom is -0.297 e. The summed E-state index contributed by atoms with van der Waals surface area (Å²) in [5.41, 5.74) is 0.604. The molecule has 0 saturated carbocycles. The molecule has 1 aromatic rings. The van der Waals surface area contributed by atoms with Crippen LogP contribution in [0.4, 0.5) is 4.39 Å². The van der Waals surface area contributed by atoms with Crippen molar-refractivity contribution in [3.05, 3.63) is 34.1 Å². The van der Waals surface area contributed by atoms with Gasteiger partial charge < -0.3 is 0 Å². The summed E-state index contributed by atoms with van der Waals surface area (Å²) in [6.07, 6.45) is 0. The zero-order valence-electron chi connectivity index (χ0n) is 9.20. The molecule has 0 radical (unpaired) electrons. The Kier molecular flexibility index (Phi) is 3.85. The van der Waals surface area contributed by atoms with Crippen LogP contribution in [0.3, 0.4) is 0 Å². The number of sulfone groups is 1. The molecule has 1 fully saturated rings. The summed E-state index contributed by atoms with van der Waals surface area (Å²) in [7, 11) is -2.87. The lowest BCUT2D eigenvalue weighted by molar-refractivity contribution is 0.283. The first-order chi connectivity index (χ1) is 7.96. The number of hydrogen-bond acceptors (Lipinski definition) is 3. The zero-order valence-corrected chi connectivity index (χ0v) is 11.6. The average Bonchev–Trinajstić information content (AvgIpc) is 2.25. The maximum Gasteiger partial charge on any atom is 0.152 e. The second-order valence-electron chi connectivity index (χ2n) is 4.16. The van der Waals surface area contributed by atoms with Crippen LogP contribution in [-0.2, 0) is 16.4 Å². The van der Waals surface area contributed by atoms with Crippen LogP contribution in [0.15, 0.2) is 22.7 Å². The lowest BCUT2D eigenvalue weighted by atomic mass is 10.2. The van der Waals surface area contributed by atoms with Gasteiger partial charge in [0.15, 0.2) is 9.84 Å². The molecule has 0 aliphatic carbocycles. The molecule has 17 heavy (non-hydrogen) atoms. The molecule has 0 bridgehead atoms. The normalized spacial score (nSPS) is 20.4. The summed E-state index contributed by atoms with van der Waals surface area (Å²) in [5, 5.41) is 0. The second kappa shape index (κ2) is 5.04. The monoisotopic (exact) mass is 321 g/mol. The van der Waals surface area contributed by atoms with Crippen LogP contribution >= 0.6 is 15.9 Å². The first kappa shape index (κ1) is 13.0. The molecule has 1 aliphatic rings. The van der Waals surface area contributed by atoms with Gasteiger partial charge in [0.2, 0.25) is 0 Å². The van der Waals surface area contributed by atoms with Gasteiger partial charge in [-0.15, -0.1) is 0 Å². The minimum atomic E-state index is -2.87. The number of benzene rings is 1. The van der Waals surface area contributed by atoms with E-state index < -0.39 is 9.84 Å². The molecule has 1 aromatic carbocycles. The Morgan fingerprint density at radius 1 is 1.29 bits per heavy atom. The van der Waals surface area contributed by atoms with E-state index in [0.29, 0.717) is 29.7 Å². The predicted molar refractivity (Wildman–Crippen MR) is 68.0 cm³/mol. The van der Waals surface area contributed by atoms with E-state index in [0.717, 1.165) is 0 Å². The molecular formula is C11H13BrFNO2S. The van der Waals surface area contributed by atoms with E-state index in [1.54, 1.807) is 12.1 Å². The van der Waals surface area contributed by atoms with E-state index in [4.69, 9.17) is 0 Å². The van der Waals surface area contributed by atoms with Gasteiger partial charge in [0.1, 0.15) is 5.82 Å². The number of rotatable bonds is 2. The molecule has 0 N–H and O–H groups in total. The molecular weight excluding hydrogens is 309 g/mol. The maximum absolute atomic E-state index is 13.6. The Morgan fingerprint density at radius 2 is 1.94 bits per heavy atom. The van der Waals surface area contributed by atoms with Crippen LogP contribution in [0, 0.1) is 5.82 Å². The van der Waals surface area contributed by atoms with Crippen molar-refractivity contribution in [1.82, 2.24) is 4.90 Å². The largest absolute Gasteiger partial charge is 0.297 e. The summed E-state index contributed by atoms with van der Waals surface area (Å²) in [6.45, 7) is 1.43. The van der Waals surface area contributed by atoms with Crippen LogP contribution in [0.5, 0.6) is 0 Å². The number of halogens is 2. The Balaban J connectivity index is 2.02. The SMILES string of the molecule is O=S1(=O)CCN(Cc2ccc(Br)cc2F)CC1. The van der Waals surface area contributed by atoms with E-state index in [1.807, 2.05) is 4.90 Å². The van der Waals surface area contributed by atoms with Gasteiger partial charge in [0, 0.05) is 29.7 Å².